The molecule has 114 valence electrons. The number of likely N-dealkylation sites (tertiary alicyclic amines) is 1. The highest BCUT2D eigenvalue weighted by Crippen LogP contribution is 2.27. The molecule has 22 heavy (non-hydrogen) atoms. The summed E-state index contributed by atoms with van der Waals surface area (Å²) in [6.07, 6.45) is 2.33. The molecule has 2 aromatic rings. The first-order chi connectivity index (χ1) is 10.7. The van der Waals surface area contributed by atoms with Gasteiger partial charge < -0.3 is 4.74 Å². The van der Waals surface area contributed by atoms with Crippen molar-refractivity contribution < 1.29 is 9.53 Å². The Labute approximate surface area is 135 Å². The monoisotopic (exact) mass is 315 g/mol. The van der Waals surface area contributed by atoms with E-state index < -0.39 is 0 Å². The number of Topliss-reactive ketones (excluding diaryl/α,β-unsaturated/α-hetero) is 1. The summed E-state index contributed by atoms with van der Waals surface area (Å²) in [4.78, 5) is 14.6. The van der Waals surface area contributed by atoms with Crippen molar-refractivity contribution >= 4 is 17.4 Å². The zero-order chi connectivity index (χ0) is 15.4. The van der Waals surface area contributed by atoms with E-state index in [-0.39, 0.29) is 5.78 Å². The van der Waals surface area contributed by atoms with Gasteiger partial charge in [0.05, 0.1) is 11.6 Å². The van der Waals surface area contributed by atoms with Gasteiger partial charge in [-0.3, -0.25) is 9.69 Å². The molecule has 0 aliphatic carbocycles. The van der Waals surface area contributed by atoms with E-state index in [1.807, 2.05) is 30.3 Å². The van der Waals surface area contributed by atoms with Gasteiger partial charge in [0.25, 0.3) is 0 Å². The number of carbonyl (C=O) groups excluding carboxylic acids is 1. The fraction of sp³-hybridized carbons (Fsp3) is 0.278. The van der Waals surface area contributed by atoms with E-state index in [1.165, 1.54) is 0 Å². The normalized spacial score (nSPS) is 15.0. The highest BCUT2D eigenvalue weighted by molar-refractivity contribution is 6.34. The highest BCUT2D eigenvalue weighted by atomic mass is 35.5. The molecule has 1 fully saturated rings. The van der Waals surface area contributed by atoms with E-state index in [0.29, 0.717) is 22.9 Å². The first kappa shape index (κ1) is 15.1. The van der Waals surface area contributed by atoms with Crippen molar-refractivity contribution in [1.82, 2.24) is 4.90 Å². The Morgan fingerprint density at radius 1 is 1.05 bits per heavy atom. The molecule has 3 nitrogen and oxygen atoms in total. The predicted octanol–water partition coefficient (Wildman–Crippen LogP) is 4.41. The Balaban J connectivity index is 1.75. The van der Waals surface area contributed by atoms with Gasteiger partial charge in [-0.05, 0) is 56.3 Å². The number of benzene rings is 2. The summed E-state index contributed by atoms with van der Waals surface area (Å²) in [6.45, 7) is 2.40. The van der Waals surface area contributed by atoms with Crippen LogP contribution in [0.5, 0.6) is 11.5 Å². The van der Waals surface area contributed by atoms with Crippen LogP contribution in [0.1, 0.15) is 23.2 Å². The minimum Gasteiger partial charge on any atom is -0.457 e. The van der Waals surface area contributed by atoms with Gasteiger partial charge in [0.2, 0.25) is 0 Å². The molecular formula is C18H18ClNO2. The van der Waals surface area contributed by atoms with E-state index in [2.05, 4.69) is 4.90 Å². The van der Waals surface area contributed by atoms with Crippen LogP contribution < -0.4 is 4.74 Å². The molecule has 0 atom stereocenters. The Morgan fingerprint density at radius 2 is 1.77 bits per heavy atom. The molecule has 4 heteroatoms. The molecule has 0 aromatic heterocycles. The molecule has 3 rings (SSSR count). The van der Waals surface area contributed by atoms with Crippen molar-refractivity contribution in [3.63, 3.8) is 0 Å². The number of hydrogen-bond acceptors (Lipinski definition) is 3. The fourth-order valence-corrected chi connectivity index (χ4v) is 2.86. The molecule has 1 heterocycles. The maximum atomic E-state index is 12.4. The summed E-state index contributed by atoms with van der Waals surface area (Å²) >= 11 is 6.18. The molecule has 0 spiro atoms. The number of para-hydroxylation sites is 1. The van der Waals surface area contributed by atoms with Gasteiger partial charge in [-0.15, -0.1) is 0 Å². The average molecular weight is 316 g/mol. The lowest BCUT2D eigenvalue weighted by Crippen LogP contribution is -2.27. The first-order valence-corrected chi connectivity index (χ1v) is 7.88. The number of ketones is 1. The second-order valence-electron chi connectivity index (χ2n) is 5.46. The van der Waals surface area contributed by atoms with Crippen LogP contribution in [0.25, 0.3) is 0 Å². The van der Waals surface area contributed by atoms with Crippen LogP contribution in [-0.4, -0.2) is 30.3 Å². The zero-order valence-electron chi connectivity index (χ0n) is 12.3. The van der Waals surface area contributed by atoms with Gasteiger partial charge in [0.15, 0.2) is 5.78 Å². The van der Waals surface area contributed by atoms with E-state index >= 15 is 0 Å². The van der Waals surface area contributed by atoms with Crippen LogP contribution in [0, 0.1) is 0 Å². The zero-order valence-corrected chi connectivity index (χ0v) is 13.1. The van der Waals surface area contributed by atoms with Crippen LogP contribution in [0.3, 0.4) is 0 Å². The fourth-order valence-electron chi connectivity index (χ4n) is 2.64. The third-order valence-electron chi connectivity index (χ3n) is 3.78. The van der Waals surface area contributed by atoms with Crippen molar-refractivity contribution in [2.24, 2.45) is 0 Å². The van der Waals surface area contributed by atoms with Crippen LogP contribution in [0.4, 0.5) is 0 Å². The number of rotatable bonds is 5. The van der Waals surface area contributed by atoms with Gasteiger partial charge in [-0.1, -0.05) is 29.8 Å². The summed E-state index contributed by atoms with van der Waals surface area (Å²) in [7, 11) is 0. The number of hydrogen-bond donors (Lipinski definition) is 0. The van der Waals surface area contributed by atoms with Crippen LogP contribution in [0.2, 0.25) is 5.02 Å². The summed E-state index contributed by atoms with van der Waals surface area (Å²) in [6, 6.07) is 14.7. The SMILES string of the molecule is O=C(CN1CCCC1)c1cc(Oc2ccccc2)ccc1Cl. The smallest absolute Gasteiger partial charge is 0.178 e. The van der Waals surface area contributed by atoms with E-state index in [9.17, 15) is 4.79 Å². The molecule has 0 saturated carbocycles. The van der Waals surface area contributed by atoms with Crippen molar-refractivity contribution in [1.29, 1.82) is 0 Å². The quantitative estimate of drug-likeness (QED) is 0.765. The van der Waals surface area contributed by atoms with Gasteiger partial charge >= 0.3 is 0 Å². The number of ether oxygens (including phenoxy) is 1. The first-order valence-electron chi connectivity index (χ1n) is 7.50. The molecule has 0 radical (unpaired) electrons. The Morgan fingerprint density at radius 3 is 2.50 bits per heavy atom. The molecule has 1 aliphatic rings. The Hall–Kier alpha value is -1.84. The second kappa shape index (κ2) is 6.95. The van der Waals surface area contributed by atoms with Gasteiger partial charge in [-0.25, -0.2) is 0 Å². The van der Waals surface area contributed by atoms with E-state index in [0.717, 1.165) is 31.7 Å². The molecule has 2 aromatic carbocycles. The number of carbonyl (C=O) groups is 1. The van der Waals surface area contributed by atoms with Gasteiger partial charge in [-0.2, -0.15) is 0 Å². The molecule has 1 aliphatic heterocycles. The van der Waals surface area contributed by atoms with Gasteiger partial charge in [0.1, 0.15) is 11.5 Å². The van der Waals surface area contributed by atoms with Gasteiger partial charge in [0, 0.05) is 5.56 Å². The minimum atomic E-state index is 0.0467. The summed E-state index contributed by atoms with van der Waals surface area (Å²) in [5.41, 5.74) is 0.530. The summed E-state index contributed by atoms with van der Waals surface area (Å²) in [5.74, 6) is 1.41. The second-order valence-corrected chi connectivity index (χ2v) is 5.87. The van der Waals surface area contributed by atoms with Crippen molar-refractivity contribution in [2.45, 2.75) is 12.8 Å². The molecule has 1 saturated heterocycles. The third kappa shape index (κ3) is 3.67. The lowest BCUT2D eigenvalue weighted by atomic mass is 10.1. The lowest BCUT2D eigenvalue weighted by Gasteiger charge is -2.14. The van der Waals surface area contributed by atoms with Crippen molar-refractivity contribution in [3.05, 3.63) is 59.1 Å². The molecule has 0 bridgehead atoms. The standard InChI is InChI=1S/C18H18ClNO2/c19-17-9-8-15(22-14-6-2-1-3-7-14)12-16(17)18(21)13-20-10-4-5-11-20/h1-3,6-9,12H,4-5,10-11,13H2. The molecule has 0 unspecified atom stereocenters. The molecular weight excluding hydrogens is 298 g/mol. The highest BCUT2D eigenvalue weighted by Gasteiger charge is 2.18. The number of halogens is 1. The maximum Gasteiger partial charge on any atom is 0.178 e. The summed E-state index contributed by atoms with van der Waals surface area (Å²) < 4.78 is 5.77. The predicted molar refractivity (Wildman–Crippen MR) is 88.0 cm³/mol. The number of nitrogens with zero attached hydrogens (tertiary/aromatic N) is 1. The Kier molecular flexibility index (Phi) is 4.76. The average Bonchev–Trinajstić information content (AvgIpc) is 3.03. The Bertz CT molecular complexity index is 651. The van der Waals surface area contributed by atoms with Crippen LogP contribution in [-0.2, 0) is 0 Å². The van der Waals surface area contributed by atoms with E-state index in [1.54, 1.807) is 18.2 Å². The van der Waals surface area contributed by atoms with E-state index in [4.69, 9.17) is 16.3 Å². The van der Waals surface area contributed by atoms with Crippen molar-refractivity contribution in [3.8, 4) is 11.5 Å². The van der Waals surface area contributed by atoms with Crippen LogP contribution >= 0.6 is 11.6 Å². The largest absolute Gasteiger partial charge is 0.457 e. The van der Waals surface area contributed by atoms with Crippen molar-refractivity contribution in [2.75, 3.05) is 19.6 Å². The maximum absolute atomic E-state index is 12.4. The third-order valence-corrected chi connectivity index (χ3v) is 4.11. The lowest BCUT2D eigenvalue weighted by molar-refractivity contribution is 0.0945. The molecule has 0 N–H and O–H groups in total. The minimum absolute atomic E-state index is 0.0467. The summed E-state index contributed by atoms with van der Waals surface area (Å²) in [5, 5.41) is 0.476. The topological polar surface area (TPSA) is 29.5 Å². The molecule has 0 amide bonds. The van der Waals surface area contributed by atoms with Crippen LogP contribution in [0.15, 0.2) is 48.5 Å².